The van der Waals surface area contributed by atoms with Gasteiger partial charge in [0.25, 0.3) is 0 Å². The third-order valence-corrected chi connectivity index (χ3v) is 4.60. The molecule has 6 heteroatoms. The average molecular weight is 347 g/mol. The number of methoxy groups -OCH3 is 2. The van der Waals surface area contributed by atoms with Crippen LogP contribution in [0.4, 0.5) is 0 Å². The van der Waals surface area contributed by atoms with E-state index in [0.29, 0.717) is 36.8 Å². The second-order valence-corrected chi connectivity index (χ2v) is 6.25. The molecule has 1 aromatic carbocycles. The summed E-state index contributed by atoms with van der Waals surface area (Å²) in [5, 5.41) is 11.9. The minimum atomic E-state index is -0.708. The Morgan fingerprint density at radius 2 is 1.84 bits per heavy atom. The Hall–Kier alpha value is -2.50. The summed E-state index contributed by atoms with van der Waals surface area (Å²) < 4.78 is 10.4. The molecule has 0 saturated heterocycles. The van der Waals surface area contributed by atoms with Crippen molar-refractivity contribution >= 4 is 18.0 Å². The fraction of sp³-hybridized carbons (Fsp3) is 0.474. The van der Waals surface area contributed by atoms with Crippen molar-refractivity contribution in [2.24, 2.45) is 11.8 Å². The average Bonchev–Trinajstić information content (AvgIpc) is 2.64. The first-order chi connectivity index (χ1) is 12.0. The smallest absolute Gasteiger partial charge is 0.306 e. The van der Waals surface area contributed by atoms with Crippen LogP contribution in [-0.4, -0.2) is 37.7 Å². The summed E-state index contributed by atoms with van der Waals surface area (Å²) in [6, 6.07) is 5.44. The molecule has 1 fully saturated rings. The normalized spacial score (nSPS) is 20.2. The number of hydrogen-bond donors (Lipinski definition) is 2. The van der Waals surface area contributed by atoms with Gasteiger partial charge in [-0.15, -0.1) is 0 Å². The molecule has 0 unspecified atom stereocenters. The summed E-state index contributed by atoms with van der Waals surface area (Å²) in [6.45, 7) is 0.585. The van der Waals surface area contributed by atoms with Crippen LogP contribution in [0.25, 0.3) is 6.08 Å². The lowest BCUT2D eigenvalue weighted by molar-refractivity contribution is -0.143. The van der Waals surface area contributed by atoms with Gasteiger partial charge >= 0.3 is 5.97 Å². The molecule has 0 aliphatic heterocycles. The number of rotatable bonds is 7. The Kier molecular flexibility index (Phi) is 6.86. The molecule has 1 saturated carbocycles. The first kappa shape index (κ1) is 18.8. The zero-order chi connectivity index (χ0) is 18.2. The number of benzene rings is 1. The fourth-order valence-corrected chi connectivity index (χ4v) is 3.05. The van der Waals surface area contributed by atoms with E-state index >= 15 is 0 Å². The van der Waals surface area contributed by atoms with E-state index in [1.54, 1.807) is 32.4 Å². The van der Waals surface area contributed by atoms with Gasteiger partial charge < -0.3 is 19.9 Å². The molecule has 1 aromatic rings. The van der Waals surface area contributed by atoms with Crippen molar-refractivity contribution in [3.05, 3.63) is 29.8 Å². The molecule has 0 radical (unpaired) electrons. The summed E-state index contributed by atoms with van der Waals surface area (Å²) in [6.07, 6.45) is 6.28. The highest BCUT2D eigenvalue weighted by atomic mass is 16.5. The van der Waals surface area contributed by atoms with Crippen molar-refractivity contribution in [3.8, 4) is 11.5 Å². The number of nitrogens with one attached hydrogen (secondary N) is 1. The number of amides is 1. The Morgan fingerprint density at radius 3 is 2.44 bits per heavy atom. The van der Waals surface area contributed by atoms with E-state index < -0.39 is 5.97 Å². The van der Waals surface area contributed by atoms with Crippen LogP contribution >= 0.6 is 0 Å². The molecule has 1 amide bonds. The van der Waals surface area contributed by atoms with E-state index in [-0.39, 0.29) is 11.8 Å². The number of aliphatic carboxylic acids is 1. The van der Waals surface area contributed by atoms with Gasteiger partial charge in [0.15, 0.2) is 11.5 Å². The second-order valence-electron chi connectivity index (χ2n) is 6.25. The Bertz CT molecular complexity index is 633. The summed E-state index contributed by atoms with van der Waals surface area (Å²) in [7, 11) is 3.14. The van der Waals surface area contributed by atoms with Crippen molar-refractivity contribution in [2.75, 3.05) is 20.8 Å². The molecule has 25 heavy (non-hydrogen) atoms. The molecule has 0 heterocycles. The second kappa shape index (κ2) is 9.11. The highest BCUT2D eigenvalue weighted by molar-refractivity contribution is 5.91. The predicted molar refractivity (Wildman–Crippen MR) is 94.7 cm³/mol. The van der Waals surface area contributed by atoms with Crippen LogP contribution in [0.2, 0.25) is 0 Å². The van der Waals surface area contributed by atoms with Gasteiger partial charge in [-0.2, -0.15) is 0 Å². The van der Waals surface area contributed by atoms with Gasteiger partial charge in [0, 0.05) is 12.6 Å². The molecule has 2 N–H and O–H groups in total. The summed E-state index contributed by atoms with van der Waals surface area (Å²) in [4.78, 5) is 22.9. The molecular formula is C19H25NO5. The van der Waals surface area contributed by atoms with Crippen molar-refractivity contribution in [3.63, 3.8) is 0 Å². The molecule has 1 aliphatic carbocycles. The summed E-state index contributed by atoms with van der Waals surface area (Å²) in [5.74, 6) is 0.516. The summed E-state index contributed by atoms with van der Waals surface area (Å²) in [5.41, 5.74) is 0.842. The van der Waals surface area contributed by atoms with E-state index in [1.807, 2.05) is 6.07 Å². The minimum absolute atomic E-state index is 0.157. The van der Waals surface area contributed by atoms with Gasteiger partial charge in [-0.3, -0.25) is 9.59 Å². The lowest BCUT2D eigenvalue weighted by Gasteiger charge is -2.25. The van der Waals surface area contributed by atoms with E-state index in [1.165, 1.54) is 6.08 Å². The Labute approximate surface area is 147 Å². The van der Waals surface area contributed by atoms with Gasteiger partial charge in [-0.25, -0.2) is 0 Å². The van der Waals surface area contributed by atoms with Gasteiger partial charge in [0.05, 0.1) is 20.1 Å². The van der Waals surface area contributed by atoms with Crippen LogP contribution in [0.5, 0.6) is 11.5 Å². The van der Waals surface area contributed by atoms with Gasteiger partial charge in [-0.1, -0.05) is 6.07 Å². The molecular weight excluding hydrogens is 322 g/mol. The van der Waals surface area contributed by atoms with Crippen molar-refractivity contribution in [2.45, 2.75) is 25.7 Å². The van der Waals surface area contributed by atoms with Crippen molar-refractivity contribution in [1.82, 2.24) is 5.32 Å². The molecule has 136 valence electrons. The number of carbonyl (C=O) groups is 2. The quantitative estimate of drug-likeness (QED) is 0.741. The maximum Gasteiger partial charge on any atom is 0.306 e. The highest BCUT2D eigenvalue weighted by Crippen LogP contribution is 2.29. The molecule has 0 spiro atoms. The predicted octanol–water partition coefficient (Wildman–Crippen LogP) is 2.72. The third kappa shape index (κ3) is 5.52. The highest BCUT2D eigenvalue weighted by Gasteiger charge is 2.25. The zero-order valence-electron chi connectivity index (χ0n) is 14.7. The first-order valence-electron chi connectivity index (χ1n) is 8.44. The Balaban J connectivity index is 1.80. The van der Waals surface area contributed by atoms with E-state index in [0.717, 1.165) is 18.4 Å². The van der Waals surface area contributed by atoms with E-state index in [4.69, 9.17) is 14.6 Å². The molecule has 0 aromatic heterocycles. The Morgan fingerprint density at radius 1 is 1.16 bits per heavy atom. The van der Waals surface area contributed by atoms with Crippen LogP contribution in [-0.2, 0) is 9.59 Å². The molecule has 0 atom stereocenters. The topological polar surface area (TPSA) is 84.9 Å². The molecule has 2 rings (SSSR count). The van der Waals surface area contributed by atoms with Crippen LogP contribution in [0, 0.1) is 11.8 Å². The first-order valence-corrected chi connectivity index (χ1v) is 8.44. The third-order valence-electron chi connectivity index (χ3n) is 4.60. The molecule has 6 nitrogen and oxygen atoms in total. The maximum absolute atomic E-state index is 12.0. The number of ether oxygens (including phenoxy) is 2. The maximum atomic E-state index is 12.0. The number of carboxylic acids is 1. The van der Waals surface area contributed by atoms with Gasteiger partial charge in [0.2, 0.25) is 5.91 Å². The fourth-order valence-electron chi connectivity index (χ4n) is 3.05. The van der Waals surface area contributed by atoms with E-state index in [2.05, 4.69) is 5.32 Å². The number of hydrogen-bond acceptors (Lipinski definition) is 4. The lowest BCUT2D eigenvalue weighted by Crippen LogP contribution is -2.31. The standard InChI is InChI=1S/C19H25NO5/c1-24-16-9-5-13(11-17(16)25-2)6-10-18(21)20-12-14-3-7-15(8-4-14)19(22)23/h5-6,9-11,14-15H,3-4,7-8,12H2,1-2H3,(H,20,21)(H,22,23). The zero-order valence-corrected chi connectivity index (χ0v) is 14.7. The largest absolute Gasteiger partial charge is 0.493 e. The number of carbonyl (C=O) groups excluding carboxylic acids is 1. The minimum Gasteiger partial charge on any atom is -0.493 e. The van der Waals surface area contributed by atoms with Gasteiger partial charge in [-0.05, 0) is 55.4 Å². The SMILES string of the molecule is COc1ccc(C=CC(=O)NCC2CCC(C(=O)O)CC2)cc1OC. The van der Waals surface area contributed by atoms with Crippen molar-refractivity contribution in [1.29, 1.82) is 0 Å². The monoisotopic (exact) mass is 347 g/mol. The summed E-state index contributed by atoms with van der Waals surface area (Å²) >= 11 is 0. The van der Waals surface area contributed by atoms with Crippen LogP contribution in [0.3, 0.4) is 0 Å². The molecule has 1 aliphatic rings. The van der Waals surface area contributed by atoms with Crippen molar-refractivity contribution < 1.29 is 24.2 Å². The van der Waals surface area contributed by atoms with Gasteiger partial charge in [0.1, 0.15) is 0 Å². The van der Waals surface area contributed by atoms with E-state index in [9.17, 15) is 9.59 Å². The van der Waals surface area contributed by atoms with Crippen LogP contribution in [0.15, 0.2) is 24.3 Å². The number of carboxylic acid groups (broad SMARTS) is 1. The lowest BCUT2D eigenvalue weighted by atomic mass is 9.82. The molecule has 0 bridgehead atoms. The van der Waals surface area contributed by atoms with Crippen LogP contribution in [0.1, 0.15) is 31.2 Å². The van der Waals surface area contributed by atoms with Crippen LogP contribution < -0.4 is 14.8 Å².